The summed E-state index contributed by atoms with van der Waals surface area (Å²) < 4.78 is 0. The molecule has 0 saturated heterocycles. The van der Waals surface area contributed by atoms with Gasteiger partial charge in [0.25, 0.3) is 0 Å². The first kappa shape index (κ1) is 11.4. The zero-order chi connectivity index (χ0) is 12.1. The summed E-state index contributed by atoms with van der Waals surface area (Å²) in [6, 6.07) is 17.5. The lowest BCUT2D eigenvalue weighted by Crippen LogP contribution is -2.14. The van der Waals surface area contributed by atoms with Crippen molar-refractivity contribution in [1.29, 1.82) is 0 Å². The molecule has 1 amide bonds. The van der Waals surface area contributed by atoms with Gasteiger partial charge in [-0.05, 0) is 30.2 Å². The average Bonchev–Trinajstić information content (AvgIpc) is 2.33. The van der Waals surface area contributed by atoms with Crippen LogP contribution in [0.1, 0.15) is 11.1 Å². The molecule has 0 aromatic heterocycles. The van der Waals surface area contributed by atoms with Crippen molar-refractivity contribution in [3.8, 4) is 0 Å². The number of hydrogen-bond acceptors (Lipinski definition) is 1. The van der Waals surface area contributed by atoms with Crippen molar-refractivity contribution in [2.24, 2.45) is 0 Å². The Morgan fingerprint density at radius 3 is 2.35 bits per heavy atom. The lowest BCUT2D eigenvalue weighted by atomic mass is 10.1. The van der Waals surface area contributed by atoms with Gasteiger partial charge in [0.15, 0.2) is 0 Å². The lowest BCUT2D eigenvalue weighted by Gasteiger charge is -2.07. The second-order valence-electron chi connectivity index (χ2n) is 4.02. The molecule has 0 fully saturated rings. The Hall–Kier alpha value is -2.09. The van der Waals surface area contributed by atoms with E-state index < -0.39 is 0 Å². The predicted molar refractivity (Wildman–Crippen MR) is 70.0 cm³/mol. The average molecular weight is 225 g/mol. The van der Waals surface area contributed by atoms with Gasteiger partial charge in [-0.3, -0.25) is 4.79 Å². The van der Waals surface area contributed by atoms with Crippen LogP contribution in [0.2, 0.25) is 0 Å². The maximum atomic E-state index is 11.8. The van der Waals surface area contributed by atoms with Crippen molar-refractivity contribution in [2.75, 3.05) is 5.32 Å². The van der Waals surface area contributed by atoms with E-state index in [-0.39, 0.29) is 5.91 Å². The van der Waals surface area contributed by atoms with E-state index in [1.165, 1.54) is 0 Å². The molecule has 2 nitrogen and oxygen atoms in total. The van der Waals surface area contributed by atoms with Crippen LogP contribution in [0.3, 0.4) is 0 Å². The van der Waals surface area contributed by atoms with E-state index >= 15 is 0 Å². The number of rotatable bonds is 3. The van der Waals surface area contributed by atoms with Crippen LogP contribution in [0.15, 0.2) is 54.6 Å². The monoisotopic (exact) mass is 225 g/mol. The van der Waals surface area contributed by atoms with Gasteiger partial charge in [0, 0.05) is 5.69 Å². The van der Waals surface area contributed by atoms with Gasteiger partial charge in [0.05, 0.1) is 6.42 Å². The van der Waals surface area contributed by atoms with E-state index in [9.17, 15) is 4.79 Å². The van der Waals surface area contributed by atoms with Crippen LogP contribution in [0.25, 0.3) is 0 Å². The predicted octanol–water partition coefficient (Wildman–Crippen LogP) is 3.18. The van der Waals surface area contributed by atoms with E-state index in [1.54, 1.807) is 0 Å². The highest BCUT2D eigenvalue weighted by molar-refractivity contribution is 5.92. The molecule has 2 aromatic carbocycles. The third-order valence-corrected chi connectivity index (χ3v) is 2.67. The number of aryl methyl sites for hydroxylation is 1. The summed E-state index contributed by atoms with van der Waals surface area (Å²) in [5.41, 5.74) is 3.06. The second kappa shape index (κ2) is 5.30. The number of para-hydroxylation sites is 1. The number of hydrogen-bond donors (Lipinski definition) is 1. The quantitative estimate of drug-likeness (QED) is 0.854. The molecule has 0 radical (unpaired) electrons. The molecule has 0 aliphatic carbocycles. The van der Waals surface area contributed by atoms with Crippen LogP contribution < -0.4 is 5.32 Å². The number of nitrogens with one attached hydrogen (secondary N) is 1. The molecule has 0 aliphatic rings. The summed E-state index contributed by atoms with van der Waals surface area (Å²) in [5.74, 6) is 0.0190. The Morgan fingerprint density at radius 1 is 1.00 bits per heavy atom. The first-order valence-corrected chi connectivity index (χ1v) is 5.65. The molecule has 0 atom stereocenters. The minimum atomic E-state index is 0.0190. The minimum Gasteiger partial charge on any atom is -0.326 e. The lowest BCUT2D eigenvalue weighted by molar-refractivity contribution is -0.115. The molecule has 0 saturated carbocycles. The van der Waals surface area contributed by atoms with Crippen molar-refractivity contribution in [1.82, 2.24) is 0 Å². The fourth-order valence-corrected chi connectivity index (χ4v) is 1.71. The van der Waals surface area contributed by atoms with Gasteiger partial charge in [-0.15, -0.1) is 0 Å². The van der Waals surface area contributed by atoms with Crippen molar-refractivity contribution < 1.29 is 4.79 Å². The Labute approximate surface area is 101 Å². The molecular weight excluding hydrogens is 210 g/mol. The van der Waals surface area contributed by atoms with E-state index in [4.69, 9.17) is 0 Å². The minimum absolute atomic E-state index is 0.0190. The molecular formula is C15H15NO. The molecule has 0 spiro atoms. The zero-order valence-corrected chi connectivity index (χ0v) is 9.81. The molecule has 2 aromatic rings. The highest BCUT2D eigenvalue weighted by Gasteiger charge is 2.05. The Morgan fingerprint density at radius 2 is 1.65 bits per heavy atom. The number of benzene rings is 2. The van der Waals surface area contributed by atoms with Gasteiger partial charge in [0.2, 0.25) is 5.91 Å². The number of amides is 1. The van der Waals surface area contributed by atoms with Crippen molar-refractivity contribution in [3.05, 3.63) is 65.7 Å². The SMILES string of the molecule is Cc1ccccc1CC(=O)Nc1ccccc1. The van der Waals surface area contributed by atoms with Crippen LogP contribution in [-0.4, -0.2) is 5.91 Å². The fourth-order valence-electron chi connectivity index (χ4n) is 1.71. The van der Waals surface area contributed by atoms with Gasteiger partial charge >= 0.3 is 0 Å². The van der Waals surface area contributed by atoms with Gasteiger partial charge in [-0.1, -0.05) is 42.5 Å². The smallest absolute Gasteiger partial charge is 0.228 e. The highest BCUT2D eigenvalue weighted by Crippen LogP contribution is 2.10. The van der Waals surface area contributed by atoms with Gasteiger partial charge in [-0.25, -0.2) is 0 Å². The highest BCUT2D eigenvalue weighted by atomic mass is 16.1. The van der Waals surface area contributed by atoms with Crippen LogP contribution in [-0.2, 0) is 11.2 Å². The zero-order valence-electron chi connectivity index (χ0n) is 9.81. The van der Waals surface area contributed by atoms with E-state index in [2.05, 4.69) is 5.32 Å². The third kappa shape index (κ3) is 3.18. The number of carbonyl (C=O) groups is 1. The van der Waals surface area contributed by atoms with Crippen molar-refractivity contribution >= 4 is 11.6 Å². The molecule has 17 heavy (non-hydrogen) atoms. The summed E-state index contributed by atoms with van der Waals surface area (Å²) in [7, 11) is 0. The summed E-state index contributed by atoms with van der Waals surface area (Å²) in [6.45, 7) is 2.02. The van der Waals surface area contributed by atoms with E-state index in [1.807, 2.05) is 61.5 Å². The molecule has 2 rings (SSSR count). The van der Waals surface area contributed by atoms with Gasteiger partial charge < -0.3 is 5.32 Å². The van der Waals surface area contributed by atoms with Crippen molar-refractivity contribution in [2.45, 2.75) is 13.3 Å². The van der Waals surface area contributed by atoms with E-state index in [0.29, 0.717) is 6.42 Å². The van der Waals surface area contributed by atoms with Crippen molar-refractivity contribution in [3.63, 3.8) is 0 Å². The topological polar surface area (TPSA) is 29.1 Å². The van der Waals surface area contributed by atoms with E-state index in [0.717, 1.165) is 16.8 Å². The molecule has 86 valence electrons. The molecule has 2 heteroatoms. The maximum absolute atomic E-state index is 11.8. The number of carbonyl (C=O) groups excluding carboxylic acids is 1. The fraction of sp³-hybridized carbons (Fsp3) is 0.133. The molecule has 0 bridgehead atoms. The largest absolute Gasteiger partial charge is 0.326 e. The standard InChI is InChI=1S/C15H15NO/c1-12-7-5-6-8-13(12)11-15(17)16-14-9-3-2-4-10-14/h2-10H,11H2,1H3,(H,16,17). The first-order valence-electron chi connectivity index (χ1n) is 5.65. The maximum Gasteiger partial charge on any atom is 0.228 e. The Bertz CT molecular complexity index is 505. The molecule has 0 unspecified atom stereocenters. The summed E-state index contributed by atoms with van der Waals surface area (Å²) >= 11 is 0. The molecule has 0 aliphatic heterocycles. The van der Waals surface area contributed by atoms with Crippen LogP contribution >= 0.6 is 0 Å². The third-order valence-electron chi connectivity index (χ3n) is 2.67. The normalized spacial score (nSPS) is 9.94. The Balaban J connectivity index is 2.01. The summed E-state index contributed by atoms with van der Waals surface area (Å²) in [6.07, 6.45) is 0.418. The summed E-state index contributed by atoms with van der Waals surface area (Å²) in [4.78, 5) is 11.8. The van der Waals surface area contributed by atoms with Crippen LogP contribution in [0.4, 0.5) is 5.69 Å². The van der Waals surface area contributed by atoms with Gasteiger partial charge in [0.1, 0.15) is 0 Å². The number of anilines is 1. The molecule has 1 N–H and O–H groups in total. The first-order chi connectivity index (χ1) is 8.25. The molecule has 0 heterocycles. The van der Waals surface area contributed by atoms with Crippen LogP contribution in [0.5, 0.6) is 0 Å². The van der Waals surface area contributed by atoms with Gasteiger partial charge in [-0.2, -0.15) is 0 Å². The van der Waals surface area contributed by atoms with Crippen LogP contribution in [0, 0.1) is 6.92 Å². The second-order valence-corrected chi connectivity index (χ2v) is 4.02. The summed E-state index contributed by atoms with van der Waals surface area (Å²) in [5, 5.41) is 2.88. The Kier molecular flexibility index (Phi) is 3.55.